The van der Waals surface area contributed by atoms with Crippen molar-refractivity contribution in [3.63, 3.8) is 0 Å². The highest BCUT2D eigenvalue weighted by Crippen LogP contribution is 1.78. The predicted octanol–water partition coefficient (Wildman–Crippen LogP) is 1.76. The lowest BCUT2D eigenvalue weighted by molar-refractivity contribution is -0.109. The summed E-state index contributed by atoms with van der Waals surface area (Å²) in [4.78, 5) is 18.6. The molecule has 0 bridgehead atoms. The summed E-state index contributed by atoms with van der Waals surface area (Å²) in [5.74, 6) is 0. The zero-order valence-electron chi connectivity index (χ0n) is 4.98. The van der Waals surface area contributed by atoms with Crippen molar-refractivity contribution in [2.45, 2.75) is 6.92 Å². The summed E-state index contributed by atoms with van der Waals surface area (Å²) in [5.41, 5.74) is -0.773. The molecule has 0 amide bonds. The Labute approximate surface area is 62.9 Å². The van der Waals surface area contributed by atoms with Crippen LogP contribution in [0.2, 0.25) is 0 Å². The van der Waals surface area contributed by atoms with Crippen LogP contribution in [0.4, 0.5) is 4.79 Å². The van der Waals surface area contributed by atoms with Gasteiger partial charge in [-0.25, -0.2) is 4.79 Å². The van der Waals surface area contributed by atoms with Gasteiger partial charge in [0, 0.05) is 18.5 Å². The fraction of sp³-hybridized carbons (Fsp3) is 0.500. The lowest BCUT2D eigenvalue weighted by atomic mass is 10.9. The van der Waals surface area contributed by atoms with Crippen LogP contribution in [0, 0.1) is 0 Å². The minimum Gasteiger partial charge on any atom is -0.457 e. The fourth-order valence-corrected chi connectivity index (χ4v) is 0. The van der Waals surface area contributed by atoms with Crippen molar-refractivity contribution in [2.24, 2.45) is 0 Å². The quantitative estimate of drug-likeness (QED) is 0.524. The average Bonchev–Trinajstić information content (AvgIpc) is 1.65. The Kier molecular flexibility index (Phi) is 9.87. The third-order valence-electron chi connectivity index (χ3n) is 0.160. The lowest BCUT2D eigenvalue weighted by Crippen LogP contribution is -1.80. The normalized spacial score (nSPS) is 6.67. The van der Waals surface area contributed by atoms with E-state index in [0.29, 0.717) is 0 Å². The van der Waals surface area contributed by atoms with Crippen molar-refractivity contribution < 1.29 is 14.3 Å². The summed E-state index contributed by atoms with van der Waals surface area (Å²) >= 11 is 9.24. The van der Waals surface area contributed by atoms with Crippen molar-refractivity contribution >= 4 is 33.9 Å². The molecule has 9 heavy (non-hydrogen) atoms. The second-order valence-corrected chi connectivity index (χ2v) is 1.75. The molecule has 0 unspecified atom stereocenters. The maximum atomic E-state index is 9.36. The molecule has 0 aliphatic heterocycles. The van der Waals surface area contributed by atoms with E-state index in [1.54, 1.807) is 0 Å². The van der Waals surface area contributed by atoms with Crippen molar-refractivity contribution in [2.75, 3.05) is 7.11 Å². The van der Waals surface area contributed by atoms with Crippen molar-refractivity contribution in [3.8, 4) is 0 Å². The molecule has 0 atom stereocenters. The maximum Gasteiger partial charge on any atom is 0.403 e. The van der Waals surface area contributed by atoms with E-state index < -0.39 is 5.43 Å². The summed E-state index contributed by atoms with van der Waals surface area (Å²) in [6.45, 7) is 1.29. The highest BCUT2D eigenvalue weighted by molar-refractivity contribution is 6.62. The molecule has 0 radical (unpaired) electrons. The molecule has 0 aliphatic carbocycles. The van der Waals surface area contributed by atoms with E-state index in [4.69, 9.17) is 0 Å². The van der Waals surface area contributed by atoms with Gasteiger partial charge in [-0.05, 0) is 11.6 Å². The first-order valence-electron chi connectivity index (χ1n) is 1.90. The summed E-state index contributed by atoms with van der Waals surface area (Å²) in [6.07, 6.45) is 0. The Balaban J connectivity index is 0. The molecule has 0 aromatic carbocycles. The van der Waals surface area contributed by atoms with Gasteiger partial charge in [-0.1, -0.05) is 0 Å². The zero-order chi connectivity index (χ0) is 7.86. The maximum absolute atomic E-state index is 9.36. The molecule has 0 aromatic rings. The number of carbonyl (C=O) groups is 2. The third kappa shape index (κ3) is 85.4. The van der Waals surface area contributed by atoms with Gasteiger partial charge in [0.05, 0.1) is 7.11 Å². The number of carbonyl (C=O) groups excluding carboxylic acids is 2. The molecule has 54 valence electrons. The highest BCUT2D eigenvalue weighted by Gasteiger charge is 1.80. The molecule has 0 fully saturated rings. The summed E-state index contributed by atoms with van der Waals surface area (Å²) in [5, 5.41) is -0.361. The Morgan fingerprint density at radius 3 is 1.44 bits per heavy atom. The Morgan fingerprint density at radius 2 is 1.44 bits per heavy atom. The second-order valence-electron chi connectivity index (χ2n) is 0.912. The van der Waals surface area contributed by atoms with Crippen LogP contribution in [-0.4, -0.2) is 17.8 Å². The molecule has 0 aromatic heterocycles. The third-order valence-corrected chi connectivity index (χ3v) is 0.315. The van der Waals surface area contributed by atoms with Gasteiger partial charge in [-0.15, -0.1) is 0 Å². The van der Waals surface area contributed by atoms with Crippen LogP contribution in [0.1, 0.15) is 6.92 Å². The molecule has 0 saturated carbocycles. The molecule has 0 aliphatic rings. The molecule has 0 spiro atoms. The minimum absolute atomic E-state index is 0.361. The molecule has 0 heterocycles. The molecular weight excluding hydrogens is 167 g/mol. The van der Waals surface area contributed by atoms with Crippen LogP contribution in [0.15, 0.2) is 0 Å². The van der Waals surface area contributed by atoms with Crippen LogP contribution in [0.3, 0.4) is 0 Å². The topological polar surface area (TPSA) is 43.4 Å². The number of ether oxygens (including phenoxy) is 1. The van der Waals surface area contributed by atoms with Crippen LogP contribution in [0.25, 0.3) is 0 Å². The fourth-order valence-electron chi connectivity index (χ4n) is 0. The first kappa shape index (κ1) is 11.5. The Hall–Kier alpha value is -0.280. The predicted molar refractivity (Wildman–Crippen MR) is 34.8 cm³/mol. The largest absolute Gasteiger partial charge is 0.457 e. The van der Waals surface area contributed by atoms with Gasteiger partial charge in [-0.3, -0.25) is 4.79 Å². The molecule has 0 saturated heterocycles. The van der Waals surface area contributed by atoms with Crippen LogP contribution >= 0.6 is 23.2 Å². The van der Waals surface area contributed by atoms with Gasteiger partial charge in [-0.2, -0.15) is 0 Å². The number of halogens is 2. The number of hydrogen-bond donors (Lipinski definition) is 0. The lowest BCUT2D eigenvalue weighted by Gasteiger charge is -1.77. The van der Waals surface area contributed by atoms with E-state index in [2.05, 4.69) is 27.9 Å². The van der Waals surface area contributed by atoms with Gasteiger partial charge in [0.25, 0.3) is 0 Å². The Bertz CT molecular complexity index is 98.0. The van der Waals surface area contributed by atoms with E-state index in [1.807, 2.05) is 0 Å². The van der Waals surface area contributed by atoms with Crippen LogP contribution < -0.4 is 0 Å². The van der Waals surface area contributed by atoms with E-state index >= 15 is 0 Å². The molecule has 0 N–H and O–H groups in total. The van der Waals surface area contributed by atoms with Crippen LogP contribution in [-0.2, 0) is 9.53 Å². The van der Waals surface area contributed by atoms with E-state index in [0.717, 1.165) is 0 Å². The standard InChI is InChI=1S/C2H3ClO2.C2H3ClO/c1-5-2(3)4;1-2(3)4/h1H3;1H3. The second kappa shape index (κ2) is 7.72. The number of methoxy groups -OCH3 is 1. The van der Waals surface area contributed by atoms with Crippen LogP contribution in [0.5, 0.6) is 0 Å². The van der Waals surface area contributed by atoms with E-state index in [9.17, 15) is 9.59 Å². The summed E-state index contributed by atoms with van der Waals surface area (Å²) < 4.78 is 3.88. The van der Waals surface area contributed by atoms with Gasteiger partial charge in [0.1, 0.15) is 0 Å². The molecule has 3 nitrogen and oxygen atoms in total. The number of rotatable bonds is 0. The Morgan fingerprint density at radius 1 is 1.33 bits per heavy atom. The first-order valence-corrected chi connectivity index (χ1v) is 2.65. The number of hydrogen-bond acceptors (Lipinski definition) is 3. The highest BCUT2D eigenvalue weighted by atomic mass is 35.5. The monoisotopic (exact) mass is 172 g/mol. The molecule has 5 heteroatoms. The van der Waals surface area contributed by atoms with E-state index in [-0.39, 0.29) is 5.24 Å². The minimum atomic E-state index is -0.773. The van der Waals surface area contributed by atoms with Crippen molar-refractivity contribution in [1.29, 1.82) is 0 Å². The van der Waals surface area contributed by atoms with Gasteiger partial charge in [0.2, 0.25) is 5.24 Å². The average molecular weight is 173 g/mol. The zero-order valence-corrected chi connectivity index (χ0v) is 6.49. The first-order chi connectivity index (χ1) is 4.00. The smallest absolute Gasteiger partial charge is 0.403 e. The molecule has 0 rings (SSSR count). The molecular formula is C4H6Cl2O3. The van der Waals surface area contributed by atoms with Gasteiger partial charge in [0.15, 0.2) is 0 Å². The van der Waals surface area contributed by atoms with Crippen molar-refractivity contribution in [3.05, 3.63) is 0 Å². The van der Waals surface area contributed by atoms with Gasteiger partial charge < -0.3 is 4.74 Å². The van der Waals surface area contributed by atoms with Gasteiger partial charge >= 0.3 is 5.43 Å². The van der Waals surface area contributed by atoms with E-state index in [1.165, 1.54) is 14.0 Å². The summed E-state index contributed by atoms with van der Waals surface area (Å²) in [7, 11) is 1.22. The van der Waals surface area contributed by atoms with Crippen molar-refractivity contribution in [1.82, 2.24) is 0 Å². The SMILES string of the molecule is CC(=O)Cl.COC(=O)Cl. The summed E-state index contributed by atoms with van der Waals surface area (Å²) in [6, 6.07) is 0.